The molecule has 0 aromatic heterocycles. The highest BCUT2D eigenvalue weighted by Crippen LogP contribution is 2.12. The Kier molecular flexibility index (Phi) is 3.47. The van der Waals surface area contributed by atoms with Gasteiger partial charge in [-0.1, -0.05) is 12.1 Å². The van der Waals surface area contributed by atoms with Crippen LogP contribution in [0.25, 0.3) is 0 Å². The molecule has 0 bridgehead atoms. The lowest BCUT2D eigenvalue weighted by Gasteiger charge is -2.02. The molecule has 0 heterocycles. The van der Waals surface area contributed by atoms with E-state index in [9.17, 15) is 13.2 Å². The van der Waals surface area contributed by atoms with Gasteiger partial charge in [-0.15, -0.1) is 0 Å². The molecule has 0 spiro atoms. The minimum atomic E-state index is -3.18. The summed E-state index contributed by atoms with van der Waals surface area (Å²) in [6.45, 7) is 0. The zero-order valence-electron chi connectivity index (χ0n) is 8.43. The van der Waals surface area contributed by atoms with Crippen LogP contribution in [0.3, 0.4) is 0 Å². The van der Waals surface area contributed by atoms with Crippen LogP contribution in [-0.4, -0.2) is 20.6 Å². The first-order chi connectivity index (χ1) is 6.89. The van der Waals surface area contributed by atoms with E-state index in [1.807, 2.05) is 0 Å². The van der Waals surface area contributed by atoms with Crippen molar-refractivity contribution in [1.82, 2.24) is 0 Å². The fourth-order valence-corrected chi connectivity index (χ4v) is 1.89. The molecule has 0 aliphatic heterocycles. The van der Waals surface area contributed by atoms with Crippen LogP contribution in [0.2, 0.25) is 0 Å². The number of nitrogens with two attached hydrogens (primary N) is 1. The number of aryl methyl sites for hydroxylation is 1. The quantitative estimate of drug-likeness (QED) is 0.814. The van der Waals surface area contributed by atoms with Crippen molar-refractivity contribution in [2.45, 2.75) is 17.7 Å². The van der Waals surface area contributed by atoms with Gasteiger partial charge in [0.05, 0.1) is 4.90 Å². The fourth-order valence-electron chi connectivity index (χ4n) is 1.20. The first kappa shape index (κ1) is 11.7. The second-order valence-electron chi connectivity index (χ2n) is 3.39. The number of hydrogen-bond donors (Lipinski definition) is 1. The largest absolute Gasteiger partial charge is 0.370 e. The van der Waals surface area contributed by atoms with Gasteiger partial charge in [-0.3, -0.25) is 4.79 Å². The minimum Gasteiger partial charge on any atom is -0.370 e. The number of sulfone groups is 1. The summed E-state index contributed by atoms with van der Waals surface area (Å²) >= 11 is 0. The average Bonchev–Trinajstić information content (AvgIpc) is 2.14. The topological polar surface area (TPSA) is 77.2 Å². The first-order valence-corrected chi connectivity index (χ1v) is 6.36. The summed E-state index contributed by atoms with van der Waals surface area (Å²) in [5.74, 6) is -0.389. The normalized spacial score (nSPS) is 11.3. The molecule has 0 aliphatic rings. The maximum atomic E-state index is 11.2. The number of rotatable bonds is 4. The van der Waals surface area contributed by atoms with E-state index >= 15 is 0 Å². The van der Waals surface area contributed by atoms with Gasteiger partial charge in [-0.2, -0.15) is 0 Å². The van der Waals surface area contributed by atoms with Crippen molar-refractivity contribution < 1.29 is 13.2 Å². The number of carbonyl (C=O) groups excluding carboxylic acids is 1. The Labute approximate surface area is 89.0 Å². The van der Waals surface area contributed by atoms with Crippen LogP contribution >= 0.6 is 0 Å². The second-order valence-corrected chi connectivity index (χ2v) is 5.40. The summed E-state index contributed by atoms with van der Waals surface area (Å²) in [5, 5.41) is 0. The van der Waals surface area contributed by atoms with Crippen LogP contribution in [0.1, 0.15) is 12.0 Å². The molecule has 82 valence electrons. The summed E-state index contributed by atoms with van der Waals surface area (Å²) in [5.41, 5.74) is 5.81. The Morgan fingerprint density at radius 3 is 2.60 bits per heavy atom. The Morgan fingerprint density at radius 1 is 1.40 bits per heavy atom. The maximum Gasteiger partial charge on any atom is 0.217 e. The summed E-state index contributed by atoms with van der Waals surface area (Å²) < 4.78 is 22.5. The Balaban J connectivity index is 2.89. The molecule has 0 saturated heterocycles. The molecule has 1 aromatic rings. The third-order valence-electron chi connectivity index (χ3n) is 1.99. The van der Waals surface area contributed by atoms with E-state index in [0.717, 1.165) is 11.8 Å². The lowest BCUT2D eigenvalue weighted by Crippen LogP contribution is -2.11. The Morgan fingerprint density at radius 2 is 2.07 bits per heavy atom. The van der Waals surface area contributed by atoms with Crippen molar-refractivity contribution in [3.63, 3.8) is 0 Å². The van der Waals surface area contributed by atoms with Crippen LogP contribution in [0, 0.1) is 0 Å². The van der Waals surface area contributed by atoms with Gasteiger partial charge in [0.15, 0.2) is 9.84 Å². The SMILES string of the molecule is CS(=O)(=O)c1cccc(CCC(N)=O)c1. The highest BCUT2D eigenvalue weighted by atomic mass is 32.2. The van der Waals surface area contributed by atoms with E-state index < -0.39 is 9.84 Å². The maximum absolute atomic E-state index is 11.2. The molecule has 2 N–H and O–H groups in total. The number of amides is 1. The highest BCUT2D eigenvalue weighted by molar-refractivity contribution is 7.90. The predicted octanol–water partition coefficient (Wildman–Crippen LogP) is 0.508. The van der Waals surface area contributed by atoms with Gasteiger partial charge in [0.25, 0.3) is 0 Å². The smallest absolute Gasteiger partial charge is 0.217 e. The lowest BCUT2D eigenvalue weighted by molar-refractivity contribution is -0.117. The molecule has 1 amide bonds. The molecule has 0 unspecified atom stereocenters. The number of carbonyl (C=O) groups is 1. The zero-order valence-corrected chi connectivity index (χ0v) is 9.25. The summed E-state index contributed by atoms with van der Waals surface area (Å²) in [6, 6.07) is 6.53. The van der Waals surface area contributed by atoms with Crippen LogP contribution < -0.4 is 5.73 Å². The molecule has 4 nitrogen and oxygen atoms in total. The fraction of sp³-hybridized carbons (Fsp3) is 0.300. The van der Waals surface area contributed by atoms with Gasteiger partial charge in [-0.25, -0.2) is 8.42 Å². The molecule has 0 atom stereocenters. The molecular weight excluding hydrogens is 214 g/mol. The van der Waals surface area contributed by atoms with E-state index in [4.69, 9.17) is 5.73 Å². The third kappa shape index (κ3) is 3.71. The van der Waals surface area contributed by atoms with Crippen LogP contribution in [0.15, 0.2) is 29.2 Å². The van der Waals surface area contributed by atoms with Crippen molar-refractivity contribution in [3.8, 4) is 0 Å². The Bertz CT molecular complexity index is 465. The van der Waals surface area contributed by atoms with Crippen molar-refractivity contribution in [2.75, 3.05) is 6.26 Å². The molecule has 0 saturated carbocycles. The molecule has 0 aliphatic carbocycles. The van der Waals surface area contributed by atoms with Crippen LogP contribution in [0.4, 0.5) is 0 Å². The second kappa shape index (κ2) is 4.44. The van der Waals surface area contributed by atoms with Crippen LogP contribution in [0.5, 0.6) is 0 Å². The number of hydrogen-bond acceptors (Lipinski definition) is 3. The molecule has 5 heteroatoms. The minimum absolute atomic E-state index is 0.229. The van der Waals surface area contributed by atoms with Crippen molar-refractivity contribution in [3.05, 3.63) is 29.8 Å². The zero-order chi connectivity index (χ0) is 11.5. The van der Waals surface area contributed by atoms with Gasteiger partial charge in [0, 0.05) is 12.7 Å². The van der Waals surface area contributed by atoms with E-state index in [-0.39, 0.29) is 17.2 Å². The monoisotopic (exact) mass is 227 g/mol. The molecule has 0 fully saturated rings. The molecule has 0 radical (unpaired) electrons. The van der Waals surface area contributed by atoms with Gasteiger partial charge >= 0.3 is 0 Å². The summed E-state index contributed by atoms with van der Waals surface area (Å²) in [6.07, 6.45) is 1.85. The third-order valence-corrected chi connectivity index (χ3v) is 3.10. The van der Waals surface area contributed by atoms with E-state index in [1.165, 1.54) is 6.07 Å². The average molecular weight is 227 g/mol. The van der Waals surface area contributed by atoms with Gasteiger partial charge in [-0.05, 0) is 24.1 Å². The van der Waals surface area contributed by atoms with Crippen molar-refractivity contribution in [1.29, 1.82) is 0 Å². The van der Waals surface area contributed by atoms with Gasteiger partial charge < -0.3 is 5.73 Å². The van der Waals surface area contributed by atoms with E-state index in [1.54, 1.807) is 18.2 Å². The predicted molar refractivity (Wildman–Crippen MR) is 57.1 cm³/mol. The van der Waals surface area contributed by atoms with Crippen LogP contribution in [-0.2, 0) is 21.1 Å². The molecule has 1 aromatic carbocycles. The van der Waals surface area contributed by atoms with Crippen molar-refractivity contribution in [2.24, 2.45) is 5.73 Å². The standard InChI is InChI=1S/C10H13NO3S/c1-15(13,14)9-4-2-3-8(7-9)5-6-10(11)12/h2-4,7H,5-6H2,1H3,(H2,11,12). The first-order valence-electron chi connectivity index (χ1n) is 4.47. The molecule has 1 rings (SSSR count). The molecular formula is C10H13NO3S. The van der Waals surface area contributed by atoms with Gasteiger partial charge in [0.2, 0.25) is 5.91 Å². The number of primary amides is 1. The Hall–Kier alpha value is -1.36. The van der Waals surface area contributed by atoms with E-state index in [2.05, 4.69) is 0 Å². The summed E-state index contributed by atoms with van der Waals surface area (Å²) in [4.78, 5) is 10.8. The number of benzene rings is 1. The molecule has 15 heavy (non-hydrogen) atoms. The lowest BCUT2D eigenvalue weighted by atomic mass is 10.1. The van der Waals surface area contributed by atoms with Gasteiger partial charge in [0.1, 0.15) is 0 Å². The summed E-state index contributed by atoms with van der Waals surface area (Å²) in [7, 11) is -3.18. The highest BCUT2D eigenvalue weighted by Gasteiger charge is 2.07. The van der Waals surface area contributed by atoms with E-state index in [0.29, 0.717) is 6.42 Å². The van der Waals surface area contributed by atoms with Crippen molar-refractivity contribution >= 4 is 15.7 Å².